The second kappa shape index (κ2) is 5.44. The molecule has 0 radical (unpaired) electrons. The number of allylic oxidation sites excluding steroid dienone is 2. The van der Waals surface area contributed by atoms with Crippen LogP contribution in [0.3, 0.4) is 0 Å². The van der Waals surface area contributed by atoms with Crippen LogP contribution >= 0.6 is 27.3 Å². The molecule has 0 amide bonds. The highest BCUT2D eigenvalue weighted by atomic mass is 79.9. The van der Waals surface area contributed by atoms with Crippen molar-refractivity contribution in [2.45, 2.75) is 5.54 Å². The summed E-state index contributed by atoms with van der Waals surface area (Å²) in [6.45, 7) is 1.13. The van der Waals surface area contributed by atoms with Gasteiger partial charge in [0, 0.05) is 6.20 Å². The summed E-state index contributed by atoms with van der Waals surface area (Å²) in [7, 11) is 0. The third-order valence-electron chi connectivity index (χ3n) is 3.65. The van der Waals surface area contributed by atoms with E-state index in [0.717, 1.165) is 25.9 Å². The van der Waals surface area contributed by atoms with Crippen LogP contribution in [-0.2, 0) is 5.54 Å². The standard InChI is InChI=1S/C16H13BrN2O2S/c17-15-13-12(20-9-10-21-13)14(22-15)16(6-2-4-8-19-16)11-5-1-3-7-18-11/h1-8,19H,9-10H2. The van der Waals surface area contributed by atoms with E-state index in [2.05, 4.69) is 32.3 Å². The molecule has 4 nitrogen and oxygen atoms in total. The lowest BCUT2D eigenvalue weighted by Gasteiger charge is -2.32. The second-order valence-electron chi connectivity index (χ2n) is 4.95. The van der Waals surface area contributed by atoms with E-state index in [-0.39, 0.29) is 0 Å². The average Bonchev–Trinajstić information content (AvgIpc) is 2.94. The van der Waals surface area contributed by atoms with Crippen molar-refractivity contribution in [3.8, 4) is 11.5 Å². The molecule has 22 heavy (non-hydrogen) atoms. The Morgan fingerprint density at radius 1 is 1.18 bits per heavy atom. The molecule has 2 aromatic rings. The monoisotopic (exact) mass is 376 g/mol. The highest BCUT2D eigenvalue weighted by Gasteiger charge is 2.40. The second-order valence-corrected chi connectivity index (χ2v) is 7.28. The van der Waals surface area contributed by atoms with Gasteiger partial charge in [0.25, 0.3) is 0 Å². The highest BCUT2D eigenvalue weighted by molar-refractivity contribution is 9.11. The summed E-state index contributed by atoms with van der Waals surface area (Å²) in [5.74, 6) is 1.58. The van der Waals surface area contributed by atoms with Gasteiger partial charge in [0.05, 0.1) is 10.6 Å². The Kier molecular flexibility index (Phi) is 3.43. The summed E-state index contributed by atoms with van der Waals surface area (Å²) in [5, 5.41) is 3.45. The van der Waals surface area contributed by atoms with Crippen LogP contribution in [0.1, 0.15) is 10.6 Å². The van der Waals surface area contributed by atoms with E-state index < -0.39 is 5.54 Å². The maximum absolute atomic E-state index is 5.90. The predicted molar refractivity (Wildman–Crippen MR) is 89.4 cm³/mol. The highest BCUT2D eigenvalue weighted by Crippen LogP contribution is 2.52. The van der Waals surface area contributed by atoms with Gasteiger partial charge in [0.1, 0.15) is 22.5 Å². The van der Waals surface area contributed by atoms with Crippen LogP contribution in [0.15, 0.2) is 52.6 Å². The van der Waals surface area contributed by atoms with Crippen LogP contribution in [0.2, 0.25) is 0 Å². The molecule has 4 rings (SSSR count). The Balaban J connectivity index is 1.93. The molecule has 112 valence electrons. The number of nitrogens with one attached hydrogen (secondary N) is 1. The molecule has 6 heteroatoms. The largest absolute Gasteiger partial charge is 0.485 e. The topological polar surface area (TPSA) is 43.4 Å². The Hall–Kier alpha value is -1.79. The Labute approximate surface area is 140 Å². The van der Waals surface area contributed by atoms with Crippen molar-refractivity contribution in [2.75, 3.05) is 13.2 Å². The summed E-state index contributed by atoms with van der Waals surface area (Å²) in [5.41, 5.74) is 0.374. The maximum Gasteiger partial charge on any atom is 0.186 e. The summed E-state index contributed by atoms with van der Waals surface area (Å²) < 4.78 is 12.6. The van der Waals surface area contributed by atoms with Gasteiger partial charge in [-0.3, -0.25) is 4.98 Å². The molecule has 0 aliphatic carbocycles. The number of dihydropyridines is 1. The van der Waals surface area contributed by atoms with E-state index >= 15 is 0 Å². The number of hydrogen-bond acceptors (Lipinski definition) is 5. The smallest absolute Gasteiger partial charge is 0.186 e. The lowest BCUT2D eigenvalue weighted by molar-refractivity contribution is 0.169. The zero-order valence-corrected chi connectivity index (χ0v) is 14.0. The van der Waals surface area contributed by atoms with E-state index in [4.69, 9.17) is 9.47 Å². The van der Waals surface area contributed by atoms with Crippen LogP contribution in [-0.4, -0.2) is 18.2 Å². The molecule has 0 aromatic carbocycles. The van der Waals surface area contributed by atoms with E-state index in [1.807, 2.05) is 36.6 Å². The third kappa shape index (κ3) is 2.06. The lowest BCUT2D eigenvalue weighted by atomic mass is 9.90. The Morgan fingerprint density at radius 3 is 2.77 bits per heavy atom. The first-order chi connectivity index (χ1) is 10.8. The van der Waals surface area contributed by atoms with E-state index in [0.29, 0.717) is 13.2 Å². The molecule has 1 N–H and O–H groups in total. The number of ether oxygens (including phenoxy) is 2. The first kappa shape index (κ1) is 13.8. The van der Waals surface area contributed by atoms with Gasteiger partial charge in [-0.05, 0) is 46.4 Å². The zero-order chi connectivity index (χ0) is 15.0. The average molecular weight is 377 g/mol. The summed E-state index contributed by atoms with van der Waals surface area (Å²) in [6.07, 6.45) is 9.82. The molecular formula is C16H13BrN2O2S. The minimum atomic E-state index is -0.544. The van der Waals surface area contributed by atoms with Crippen LogP contribution in [0.5, 0.6) is 11.5 Å². The molecule has 0 saturated heterocycles. The fraction of sp³-hybridized carbons (Fsp3) is 0.188. The van der Waals surface area contributed by atoms with E-state index in [1.54, 1.807) is 17.5 Å². The normalized spacial score (nSPS) is 22.4. The molecule has 4 heterocycles. The van der Waals surface area contributed by atoms with Gasteiger partial charge in [-0.25, -0.2) is 0 Å². The van der Waals surface area contributed by atoms with Crippen molar-refractivity contribution in [3.05, 3.63) is 63.2 Å². The molecule has 2 aromatic heterocycles. The molecule has 0 bridgehead atoms. The quantitative estimate of drug-likeness (QED) is 0.869. The molecule has 0 fully saturated rings. The molecule has 1 atom stereocenters. The van der Waals surface area contributed by atoms with Gasteiger partial charge < -0.3 is 14.8 Å². The zero-order valence-electron chi connectivity index (χ0n) is 11.6. The van der Waals surface area contributed by atoms with Crippen LogP contribution in [0.25, 0.3) is 0 Å². The number of rotatable bonds is 2. The van der Waals surface area contributed by atoms with Crippen molar-refractivity contribution in [1.29, 1.82) is 0 Å². The first-order valence-corrected chi connectivity index (χ1v) is 8.54. The van der Waals surface area contributed by atoms with Gasteiger partial charge in [-0.15, -0.1) is 11.3 Å². The number of hydrogen-bond donors (Lipinski definition) is 1. The number of aromatic nitrogens is 1. The van der Waals surface area contributed by atoms with Crippen molar-refractivity contribution in [1.82, 2.24) is 10.3 Å². The van der Waals surface area contributed by atoms with E-state index in [1.165, 1.54) is 0 Å². The minimum absolute atomic E-state index is 0.544. The molecule has 0 spiro atoms. The Bertz CT molecular complexity index is 757. The van der Waals surface area contributed by atoms with Gasteiger partial charge >= 0.3 is 0 Å². The van der Waals surface area contributed by atoms with Crippen molar-refractivity contribution >= 4 is 27.3 Å². The fourth-order valence-corrected chi connectivity index (χ4v) is 4.51. The number of pyridine rings is 1. The minimum Gasteiger partial charge on any atom is -0.485 e. The molecule has 2 aliphatic heterocycles. The lowest BCUT2D eigenvalue weighted by Crippen LogP contribution is -2.40. The Morgan fingerprint density at radius 2 is 2.05 bits per heavy atom. The number of halogens is 1. The van der Waals surface area contributed by atoms with E-state index in [9.17, 15) is 0 Å². The van der Waals surface area contributed by atoms with Gasteiger partial charge in [0.15, 0.2) is 11.5 Å². The van der Waals surface area contributed by atoms with Gasteiger partial charge in [0.2, 0.25) is 0 Å². The summed E-state index contributed by atoms with van der Waals surface area (Å²) in [6, 6.07) is 5.92. The summed E-state index contributed by atoms with van der Waals surface area (Å²) >= 11 is 5.20. The first-order valence-electron chi connectivity index (χ1n) is 6.93. The van der Waals surface area contributed by atoms with Crippen LogP contribution in [0, 0.1) is 0 Å². The van der Waals surface area contributed by atoms with Crippen molar-refractivity contribution in [3.63, 3.8) is 0 Å². The third-order valence-corrected chi connectivity index (χ3v) is 5.57. The summed E-state index contributed by atoms with van der Waals surface area (Å²) in [4.78, 5) is 5.59. The number of fused-ring (bicyclic) bond motifs is 1. The van der Waals surface area contributed by atoms with Crippen LogP contribution in [0.4, 0.5) is 0 Å². The molecule has 2 aliphatic rings. The SMILES string of the molecule is Brc1sc(C2(c3ccccn3)C=CC=CN2)c2c1OCCO2. The number of thiophene rings is 1. The van der Waals surface area contributed by atoms with Crippen molar-refractivity contribution in [2.24, 2.45) is 0 Å². The van der Waals surface area contributed by atoms with Crippen LogP contribution < -0.4 is 14.8 Å². The number of nitrogens with zero attached hydrogens (tertiary/aromatic N) is 1. The molecular weight excluding hydrogens is 364 g/mol. The fourth-order valence-electron chi connectivity index (χ4n) is 2.67. The van der Waals surface area contributed by atoms with Gasteiger partial charge in [-0.1, -0.05) is 12.1 Å². The molecule has 1 unspecified atom stereocenters. The molecule has 0 saturated carbocycles. The van der Waals surface area contributed by atoms with Gasteiger partial charge in [-0.2, -0.15) is 0 Å². The van der Waals surface area contributed by atoms with Crippen molar-refractivity contribution < 1.29 is 9.47 Å². The maximum atomic E-state index is 5.90. The predicted octanol–water partition coefficient (Wildman–Crippen LogP) is 3.59.